The minimum atomic E-state index is -0.675. The Kier molecular flexibility index (Phi) is 5.57. The second-order valence-electron chi connectivity index (χ2n) is 7.18. The van der Waals surface area contributed by atoms with Crippen molar-refractivity contribution in [1.29, 1.82) is 0 Å². The van der Waals surface area contributed by atoms with Crippen LogP contribution in [0.25, 0.3) is 0 Å². The van der Waals surface area contributed by atoms with E-state index in [1.165, 1.54) is 6.42 Å². The molecule has 0 aliphatic carbocycles. The van der Waals surface area contributed by atoms with Gasteiger partial charge in [-0.1, -0.05) is 22.6 Å². The first-order valence-electron chi connectivity index (χ1n) is 8.32. The van der Waals surface area contributed by atoms with Gasteiger partial charge in [0.1, 0.15) is 24.4 Å². The molecular formula is C16H27IO6. The van der Waals surface area contributed by atoms with Crippen LogP contribution >= 0.6 is 22.6 Å². The lowest BCUT2D eigenvalue weighted by Gasteiger charge is -2.37. The molecule has 0 amide bonds. The fourth-order valence-corrected chi connectivity index (χ4v) is 3.87. The van der Waals surface area contributed by atoms with Gasteiger partial charge in [0.15, 0.2) is 17.9 Å². The highest BCUT2D eigenvalue weighted by Gasteiger charge is 2.60. The normalized spacial score (nSPS) is 40.8. The molecule has 3 rings (SSSR count). The standard InChI is InChI=1S/C16H27IO6/c1-15(2)20-11-10(9-18-8-6-5-7-17)19-14-13(12(11)21-15)22-16(3,4)23-14/h10-14H,5-9H2,1-4H3/t10?,11-,12?,13?,14+/m0/s1. The van der Waals surface area contributed by atoms with Crippen molar-refractivity contribution in [2.24, 2.45) is 0 Å². The van der Waals surface area contributed by atoms with Gasteiger partial charge in [0.25, 0.3) is 0 Å². The van der Waals surface area contributed by atoms with Crippen molar-refractivity contribution in [3.63, 3.8) is 0 Å². The lowest BCUT2D eigenvalue weighted by Crippen LogP contribution is -2.56. The molecule has 0 bridgehead atoms. The summed E-state index contributed by atoms with van der Waals surface area (Å²) in [6.07, 6.45) is 0.909. The zero-order valence-electron chi connectivity index (χ0n) is 14.2. The fraction of sp³-hybridized carbons (Fsp3) is 1.00. The summed E-state index contributed by atoms with van der Waals surface area (Å²) in [5, 5.41) is 0. The van der Waals surface area contributed by atoms with Crippen LogP contribution in [-0.4, -0.2) is 59.9 Å². The molecule has 0 radical (unpaired) electrons. The highest BCUT2D eigenvalue weighted by Crippen LogP contribution is 2.44. The van der Waals surface area contributed by atoms with Crippen molar-refractivity contribution in [2.75, 3.05) is 17.6 Å². The minimum Gasteiger partial charge on any atom is -0.379 e. The maximum Gasteiger partial charge on any atom is 0.190 e. The Morgan fingerprint density at radius 2 is 1.52 bits per heavy atom. The maximum atomic E-state index is 6.08. The Morgan fingerprint density at radius 1 is 0.870 bits per heavy atom. The monoisotopic (exact) mass is 442 g/mol. The molecule has 3 unspecified atom stereocenters. The molecule has 3 saturated heterocycles. The van der Waals surface area contributed by atoms with Crippen molar-refractivity contribution in [3.05, 3.63) is 0 Å². The van der Waals surface area contributed by atoms with Gasteiger partial charge in [-0.05, 0) is 45.0 Å². The first-order valence-corrected chi connectivity index (χ1v) is 9.84. The van der Waals surface area contributed by atoms with E-state index in [9.17, 15) is 0 Å². The quantitative estimate of drug-likeness (QED) is 0.358. The predicted molar refractivity (Wildman–Crippen MR) is 91.5 cm³/mol. The smallest absolute Gasteiger partial charge is 0.190 e. The maximum absolute atomic E-state index is 6.08. The van der Waals surface area contributed by atoms with Gasteiger partial charge in [0, 0.05) is 6.61 Å². The molecular weight excluding hydrogens is 415 g/mol. The molecule has 0 spiro atoms. The third kappa shape index (κ3) is 4.19. The summed E-state index contributed by atoms with van der Waals surface area (Å²) < 4.78 is 37.0. The van der Waals surface area contributed by atoms with E-state index in [0.29, 0.717) is 6.61 Å². The molecule has 6 nitrogen and oxygen atoms in total. The Labute approximate surface area is 151 Å². The van der Waals surface area contributed by atoms with E-state index in [2.05, 4.69) is 22.6 Å². The molecule has 0 N–H and O–H groups in total. The highest BCUT2D eigenvalue weighted by atomic mass is 127. The third-order valence-electron chi connectivity index (χ3n) is 4.21. The molecule has 3 fully saturated rings. The number of fused-ring (bicyclic) bond motifs is 3. The molecule has 7 heteroatoms. The van der Waals surface area contributed by atoms with E-state index in [-0.39, 0.29) is 24.4 Å². The van der Waals surface area contributed by atoms with Gasteiger partial charge in [0.05, 0.1) is 6.61 Å². The Balaban J connectivity index is 1.64. The van der Waals surface area contributed by atoms with E-state index in [4.69, 9.17) is 28.4 Å². The molecule has 3 heterocycles. The Bertz CT molecular complexity index is 415. The predicted octanol–water partition coefficient (Wildman–Crippen LogP) is 2.61. The minimum absolute atomic E-state index is 0.200. The summed E-state index contributed by atoms with van der Waals surface area (Å²) in [7, 11) is 0. The van der Waals surface area contributed by atoms with Crippen LogP contribution in [0, 0.1) is 0 Å². The molecule has 0 aromatic heterocycles. The molecule has 3 aliphatic heterocycles. The zero-order chi connectivity index (χ0) is 16.7. The lowest BCUT2D eigenvalue weighted by atomic mass is 9.99. The SMILES string of the molecule is CC1(C)OC2C3OC(C)(C)O[C@H]3C(COCCCCI)O[C@@H]2O1. The highest BCUT2D eigenvalue weighted by molar-refractivity contribution is 14.1. The number of ether oxygens (including phenoxy) is 6. The van der Waals surface area contributed by atoms with E-state index in [1.807, 2.05) is 27.7 Å². The first-order chi connectivity index (χ1) is 10.8. The van der Waals surface area contributed by atoms with Crippen molar-refractivity contribution < 1.29 is 28.4 Å². The summed E-state index contributed by atoms with van der Waals surface area (Å²) in [6, 6.07) is 0. The lowest BCUT2D eigenvalue weighted by molar-refractivity contribution is -0.243. The Morgan fingerprint density at radius 3 is 2.26 bits per heavy atom. The third-order valence-corrected chi connectivity index (χ3v) is 4.97. The zero-order valence-corrected chi connectivity index (χ0v) is 16.4. The summed E-state index contributed by atoms with van der Waals surface area (Å²) in [5.74, 6) is -1.32. The second-order valence-corrected chi connectivity index (χ2v) is 8.26. The second kappa shape index (κ2) is 7.01. The largest absolute Gasteiger partial charge is 0.379 e. The van der Waals surface area contributed by atoms with E-state index < -0.39 is 17.9 Å². The van der Waals surface area contributed by atoms with Crippen LogP contribution in [0.1, 0.15) is 40.5 Å². The average Bonchev–Trinajstić information content (AvgIpc) is 2.93. The van der Waals surface area contributed by atoms with E-state index >= 15 is 0 Å². The van der Waals surface area contributed by atoms with E-state index in [1.54, 1.807) is 0 Å². The summed E-state index contributed by atoms with van der Waals surface area (Å²) >= 11 is 2.38. The average molecular weight is 442 g/mol. The van der Waals surface area contributed by atoms with Gasteiger partial charge in [-0.25, -0.2) is 0 Å². The number of unbranched alkanes of at least 4 members (excludes halogenated alkanes) is 1. The molecule has 3 aliphatic rings. The van der Waals surface area contributed by atoms with Gasteiger partial charge in [0.2, 0.25) is 0 Å². The van der Waals surface area contributed by atoms with Crippen LogP contribution in [0.15, 0.2) is 0 Å². The number of halogens is 1. The van der Waals surface area contributed by atoms with Crippen LogP contribution in [0.4, 0.5) is 0 Å². The first kappa shape index (κ1) is 18.3. The van der Waals surface area contributed by atoms with Gasteiger partial charge in [-0.2, -0.15) is 0 Å². The summed E-state index contributed by atoms with van der Waals surface area (Å²) in [5.41, 5.74) is 0. The molecule has 0 saturated carbocycles. The van der Waals surface area contributed by atoms with Crippen LogP contribution < -0.4 is 0 Å². The van der Waals surface area contributed by atoms with Crippen LogP contribution in [-0.2, 0) is 28.4 Å². The fourth-order valence-electron chi connectivity index (χ4n) is 3.33. The molecule has 0 aromatic carbocycles. The number of hydrogen-bond acceptors (Lipinski definition) is 6. The van der Waals surface area contributed by atoms with Crippen LogP contribution in [0.3, 0.4) is 0 Å². The summed E-state index contributed by atoms with van der Waals surface area (Å²) in [6.45, 7) is 8.83. The Hall–Kier alpha value is 0.490. The van der Waals surface area contributed by atoms with Gasteiger partial charge < -0.3 is 28.4 Å². The topological polar surface area (TPSA) is 55.4 Å². The number of rotatable bonds is 6. The van der Waals surface area contributed by atoms with Crippen molar-refractivity contribution in [3.8, 4) is 0 Å². The molecule has 23 heavy (non-hydrogen) atoms. The van der Waals surface area contributed by atoms with Crippen molar-refractivity contribution in [2.45, 2.75) is 82.8 Å². The molecule has 5 atom stereocenters. The van der Waals surface area contributed by atoms with Gasteiger partial charge in [-0.3, -0.25) is 0 Å². The van der Waals surface area contributed by atoms with Crippen LogP contribution in [0.2, 0.25) is 0 Å². The number of hydrogen-bond donors (Lipinski definition) is 0. The van der Waals surface area contributed by atoms with Gasteiger partial charge >= 0.3 is 0 Å². The van der Waals surface area contributed by atoms with Crippen LogP contribution in [0.5, 0.6) is 0 Å². The van der Waals surface area contributed by atoms with Gasteiger partial charge in [-0.15, -0.1) is 0 Å². The van der Waals surface area contributed by atoms with Crippen molar-refractivity contribution in [1.82, 2.24) is 0 Å². The molecule has 134 valence electrons. The van der Waals surface area contributed by atoms with E-state index in [0.717, 1.165) is 17.5 Å². The molecule has 0 aromatic rings. The van der Waals surface area contributed by atoms with Crippen molar-refractivity contribution >= 4 is 22.6 Å². The number of alkyl halides is 1. The summed E-state index contributed by atoms with van der Waals surface area (Å²) in [4.78, 5) is 0.